The van der Waals surface area contributed by atoms with Crippen LogP contribution in [0.1, 0.15) is 6.92 Å². The van der Waals surface area contributed by atoms with Gasteiger partial charge in [0.05, 0.1) is 17.4 Å². The second kappa shape index (κ2) is 6.29. The number of nitrogens with zero attached hydrogens (tertiary/aromatic N) is 1. The van der Waals surface area contributed by atoms with Gasteiger partial charge in [-0.05, 0) is 19.1 Å². The number of carbonyl (C=O) groups is 1. The lowest BCUT2D eigenvalue weighted by molar-refractivity contribution is -0.139. The van der Waals surface area contributed by atoms with Crippen LogP contribution in [0, 0.1) is 0 Å². The van der Waals surface area contributed by atoms with Crippen LogP contribution in [-0.2, 0) is 9.53 Å². The molecular formula is C10H14N2O2S. The van der Waals surface area contributed by atoms with Gasteiger partial charge in [0.1, 0.15) is 5.82 Å². The van der Waals surface area contributed by atoms with Crippen molar-refractivity contribution in [3.63, 3.8) is 0 Å². The standard InChI is InChI=1S/C10H14N2O2S/c1-3-14-10(13)7-15-9-6-4-5-8(11-2)12-9/h4-6H,3,7H2,1-2H3,(H,11,12). The van der Waals surface area contributed by atoms with E-state index in [1.807, 2.05) is 25.2 Å². The molecule has 0 bridgehead atoms. The van der Waals surface area contributed by atoms with Gasteiger partial charge in [0.25, 0.3) is 0 Å². The molecule has 4 nitrogen and oxygen atoms in total. The van der Waals surface area contributed by atoms with Gasteiger partial charge in [-0.1, -0.05) is 17.8 Å². The van der Waals surface area contributed by atoms with E-state index in [-0.39, 0.29) is 5.97 Å². The van der Waals surface area contributed by atoms with E-state index in [2.05, 4.69) is 10.3 Å². The van der Waals surface area contributed by atoms with Crippen LogP contribution in [0.2, 0.25) is 0 Å². The van der Waals surface area contributed by atoms with E-state index in [0.717, 1.165) is 10.8 Å². The zero-order valence-corrected chi connectivity index (χ0v) is 9.63. The maximum Gasteiger partial charge on any atom is 0.316 e. The van der Waals surface area contributed by atoms with Crippen LogP contribution >= 0.6 is 11.8 Å². The topological polar surface area (TPSA) is 51.2 Å². The van der Waals surface area contributed by atoms with Gasteiger partial charge in [-0.25, -0.2) is 4.98 Å². The summed E-state index contributed by atoms with van der Waals surface area (Å²) >= 11 is 1.37. The highest BCUT2D eigenvalue weighted by Crippen LogP contribution is 2.17. The van der Waals surface area contributed by atoms with E-state index in [4.69, 9.17) is 4.74 Å². The molecule has 0 amide bonds. The van der Waals surface area contributed by atoms with Crippen molar-refractivity contribution in [2.75, 3.05) is 24.7 Å². The molecule has 1 heterocycles. The van der Waals surface area contributed by atoms with E-state index in [1.54, 1.807) is 6.92 Å². The summed E-state index contributed by atoms with van der Waals surface area (Å²) in [6.07, 6.45) is 0. The van der Waals surface area contributed by atoms with Gasteiger partial charge in [0.15, 0.2) is 0 Å². The molecule has 5 heteroatoms. The van der Waals surface area contributed by atoms with Gasteiger partial charge < -0.3 is 10.1 Å². The fourth-order valence-corrected chi connectivity index (χ4v) is 1.66. The summed E-state index contributed by atoms with van der Waals surface area (Å²) in [6.45, 7) is 2.21. The van der Waals surface area contributed by atoms with Gasteiger partial charge in [-0.3, -0.25) is 4.79 Å². The Morgan fingerprint density at radius 3 is 3.07 bits per heavy atom. The average molecular weight is 226 g/mol. The first kappa shape index (κ1) is 11.8. The quantitative estimate of drug-likeness (QED) is 0.612. The van der Waals surface area contributed by atoms with E-state index in [0.29, 0.717) is 12.4 Å². The number of nitrogens with one attached hydrogen (secondary N) is 1. The molecule has 0 saturated carbocycles. The van der Waals surface area contributed by atoms with Crippen molar-refractivity contribution in [1.82, 2.24) is 4.98 Å². The smallest absolute Gasteiger partial charge is 0.316 e. The summed E-state index contributed by atoms with van der Waals surface area (Å²) in [7, 11) is 1.81. The van der Waals surface area contributed by atoms with E-state index < -0.39 is 0 Å². The molecule has 0 aliphatic rings. The van der Waals surface area contributed by atoms with Crippen LogP contribution in [0.25, 0.3) is 0 Å². The zero-order chi connectivity index (χ0) is 11.1. The highest BCUT2D eigenvalue weighted by Gasteiger charge is 2.04. The molecule has 0 spiro atoms. The third kappa shape index (κ3) is 4.20. The molecule has 0 unspecified atom stereocenters. The van der Waals surface area contributed by atoms with Gasteiger partial charge in [-0.2, -0.15) is 0 Å². The minimum Gasteiger partial charge on any atom is -0.465 e. The summed E-state index contributed by atoms with van der Waals surface area (Å²) in [5.74, 6) is 0.886. The molecule has 1 N–H and O–H groups in total. The first-order valence-electron chi connectivity index (χ1n) is 4.69. The molecule has 1 aromatic rings. The molecule has 0 atom stereocenters. The Balaban J connectivity index is 2.46. The Morgan fingerprint density at radius 1 is 1.60 bits per heavy atom. The molecule has 0 radical (unpaired) electrons. The van der Waals surface area contributed by atoms with Crippen LogP contribution in [0.3, 0.4) is 0 Å². The molecule has 0 aliphatic heterocycles. The second-order valence-corrected chi connectivity index (χ2v) is 3.70. The molecule has 1 rings (SSSR count). The van der Waals surface area contributed by atoms with Crippen molar-refractivity contribution >= 4 is 23.5 Å². The van der Waals surface area contributed by atoms with E-state index >= 15 is 0 Å². The van der Waals surface area contributed by atoms with Crippen LogP contribution in [0.5, 0.6) is 0 Å². The maximum absolute atomic E-state index is 11.1. The number of rotatable bonds is 5. The van der Waals surface area contributed by atoms with Crippen LogP contribution in [0.4, 0.5) is 5.82 Å². The summed E-state index contributed by atoms with van der Waals surface area (Å²) in [4.78, 5) is 15.4. The first-order valence-corrected chi connectivity index (χ1v) is 5.68. The number of hydrogen-bond acceptors (Lipinski definition) is 5. The van der Waals surface area contributed by atoms with Crippen LogP contribution in [-0.4, -0.2) is 30.4 Å². The lowest BCUT2D eigenvalue weighted by Crippen LogP contribution is -2.06. The summed E-state index contributed by atoms with van der Waals surface area (Å²) < 4.78 is 4.82. The number of aromatic nitrogens is 1. The number of pyridine rings is 1. The third-order valence-electron chi connectivity index (χ3n) is 1.62. The van der Waals surface area contributed by atoms with Gasteiger partial charge in [-0.15, -0.1) is 0 Å². The number of anilines is 1. The molecule has 0 aliphatic carbocycles. The third-order valence-corrected chi connectivity index (χ3v) is 2.53. The highest BCUT2D eigenvalue weighted by molar-refractivity contribution is 7.99. The Kier molecular flexibility index (Phi) is 4.97. The predicted octanol–water partition coefficient (Wildman–Crippen LogP) is 1.78. The molecule has 1 aromatic heterocycles. The number of thioether (sulfide) groups is 1. The average Bonchev–Trinajstić information content (AvgIpc) is 2.27. The Morgan fingerprint density at radius 2 is 2.40 bits per heavy atom. The van der Waals surface area contributed by atoms with Gasteiger partial charge in [0.2, 0.25) is 0 Å². The second-order valence-electron chi connectivity index (χ2n) is 2.70. The Labute approximate surface area is 93.4 Å². The van der Waals surface area contributed by atoms with Crippen molar-refractivity contribution in [3.05, 3.63) is 18.2 Å². The molecule has 82 valence electrons. The SMILES string of the molecule is CCOC(=O)CSc1cccc(NC)n1. The molecule has 15 heavy (non-hydrogen) atoms. The number of hydrogen-bond donors (Lipinski definition) is 1. The fourth-order valence-electron chi connectivity index (χ4n) is 0.970. The maximum atomic E-state index is 11.1. The van der Waals surface area contributed by atoms with Crippen molar-refractivity contribution in [1.29, 1.82) is 0 Å². The van der Waals surface area contributed by atoms with E-state index in [1.165, 1.54) is 11.8 Å². The summed E-state index contributed by atoms with van der Waals surface area (Å²) in [5, 5.41) is 3.75. The van der Waals surface area contributed by atoms with Gasteiger partial charge in [0, 0.05) is 7.05 Å². The minimum atomic E-state index is -0.209. The van der Waals surface area contributed by atoms with Gasteiger partial charge >= 0.3 is 5.97 Å². The number of carbonyl (C=O) groups excluding carboxylic acids is 1. The molecule has 0 saturated heterocycles. The first-order chi connectivity index (χ1) is 7.26. The minimum absolute atomic E-state index is 0.209. The summed E-state index contributed by atoms with van der Waals surface area (Å²) in [5.41, 5.74) is 0. The Hall–Kier alpha value is -1.23. The van der Waals surface area contributed by atoms with Crippen molar-refractivity contribution < 1.29 is 9.53 Å². The van der Waals surface area contributed by atoms with Crippen molar-refractivity contribution in [2.24, 2.45) is 0 Å². The van der Waals surface area contributed by atoms with Crippen molar-refractivity contribution in [2.45, 2.75) is 11.9 Å². The molecule has 0 aromatic carbocycles. The predicted molar refractivity (Wildman–Crippen MR) is 61.1 cm³/mol. The fraction of sp³-hybridized carbons (Fsp3) is 0.400. The summed E-state index contributed by atoms with van der Waals surface area (Å²) in [6, 6.07) is 5.63. The molecular weight excluding hydrogens is 212 g/mol. The lowest BCUT2D eigenvalue weighted by Gasteiger charge is -2.03. The van der Waals surface area contributed by atoms with Crippen molar-refractivity contribution in [3.8, 4) is 0 Å². The molecule has 0 fully saturated rings. The lowest BCUT2D eigenvalue weighted by atomic mass is 10.5. The number of esters is 1. The highest BCUT2D eigenvalue weighted by atomic mass is 32.2. The Bertz CT molecular complexity index is 331. The van der Waals surface area contributed by atoms with Crippen LogP contribution < -0.4 is 5.32 Å². The number of ether oxygens (including phenoxy) is 1. The largest absolute Gasteiger partial charge is 0.465 e. The van der Waals surface area contributed by atoms with Crippen LogP contribution in [0.15, 0.2) is 23.2 Å². The monoisotopic (exact) mass is 226 g/mol. The normalized spacial score (nSPS) is 9.73. The van der Waals surface area contributed by atoms with E-state index in [9.17, 15) is 4.79 Å². The zero-order valence-electron chi connectivity index (χ0n) is 8.82.